The van der Waals surface area contributed by atoms with Gasteiger partial charge in [0.15, 0.2) is 0 Å². The number of aliphatic hydroxyl groups is 1. The molecule has 1 saturated heterocycles. The summed E-state index contributed by atoms with van der Waals surface area (Å²) in [5.41, 5.74) is 1.80. The van der Waals surface area contributed by atoms with Gasteiger partial charge in [0, 0.05) is 18.8 Å². The highest BCUT2D eigenvalue weighted by Crippen LogP contribution is 2.21. The van der Waals surface area contributed by atoms with E-state index < -0.39 is 5.60 Å². The number of β-amino-alcohol motifs (C(OH)–C–C–N with tert-alkyl or cyclic N) is 1. The van der Waals surface area contributed by atoms with Crippen LogP contribution in [0, 0.1) is 6.92 Å². The van der Waals surface area contributed by atoms with Crippen molar-refractivity contribution in [3.05, 3.63) is 35.4 Å². The summed E-state index contributed by atoms with van der Waals surface area (Å²) < 4.78 is 0. The molecule has 0 aliphatic carbocycles. The van der Waals surface area contributed by atoms with E-state index in [2.05, 4.69) is 31.2 Å². The molecule has 1 aromatic rings. The molecule has 0 radical (unpaired) electrons. The molecule has 1 N–H and O–H groups in total. The Morgan fingerprint density at radius 1 is 1.42 bits per heavy atom. The molecule has 0 saturated carbocycles. The highest BCUT2D eigenvalue weighted by atomic mass is 32.2. The van der Waals surface area contributed by atoms with Crippen LogP contribution in [0.15, 0.2) is 24.3 Å². The summed E-state index contributed by atoms with van der Waals surface area (Å²) >= 11 is 1.63. The van der Waals surface area contributed by atoms with Crippen molar-refractivity contribution in [3.8, 4) is 0 Å². The second kappa shape index (κ2) is 5.97. The van der Waals surface area contributed by atoms with Crippen molar-refractivity contribution in [2.24, 2.45) is 0 Å². The topological polar surface area (TPSA) is 40.5 Å². The van der Waals surface area contributed by atoms with Crippen LogP contribution in [0.4, 0.5) is 0 Å². The van der Waals surface area contributed by atoms with Gasteiger partial charge >= 0.3 is 0 Å². The first-order valence-corrected chi connectivity index (χ1v) is 7.75. The minimum absolute atomic E-state index is 0.134. The number of carbonyl (C=O) groups excluding carboxylic acids is 1. The lowest BCUT2D eigenvalue weighted by Crippen LogP contribution is -2.34. The van der Waals surface area contributed by atoms with Gasteiger partial charge in [-0.2, -0.15) is 0 Å². The number of nitrogens with zero attached hydrogens (tertiary/aromatic N) is 1. The minimum atomic E-state index is -0.697. The Morgan fingerprint density at radius 2 is 2.11 bits per heavy atom. The van der Waals surface area contributed by atoms with Crippen LogP contribution >= 0.6 is 11.8 Å². The lowest BCUT2D eigenvalue weighted by atomic mass is 10.1. The molecule has 1 aliphatic heterocycles. The van der Waals surface area contributed by atoms with Gasteiger partial charge in [0.25, 0.3) is 0 Å². The van der Waals surface area contributed by atoms with E-state index in [4.69, 9.17) is 0 Å². The zero-order chi connectivity index (χ0) is 13.9. The number of carbonyl (C=O) groups is 1. The molecule has 1 aromatic carbocycles. The molecule has 4 heteroatoms. The third-order valence-corrected chi connectivity index (χ3v) is 4.41. The maximum Gasteiger partial charge on any atom is 0.232 e. The van der Waals surface area contributed by atoms with Crippen LogP contribution in [0.2, 0.25) is 0 Å². The van der Waals surface area contributed by atoms with Crippen molar-refractivity contribution in [1.29, 1.82) is 0 Å². The van der Waals surface area contributed by atoms with Crippen molar-refractivity contribution in [3.63, 3.8) is 0 Å². The predicted molar refractivity (Wildman–Crippen MR) is 79.2 cm³/mol. The van der Waals surface area contributed by atoms with Crippen LogP contribution < -0.4 is 0 Å². The fraction of sp³-hybridized carbons (Fsp3) is 0.533. The summed E-state index contributed by atoms with van der Waals surface area (Å²) in [7, 11) is 0. The lowest BCUT2D eigenvalue weighted by Gasteiger charge is -2.18. The van der Waals surface area contributed by atoms with E-state index in [9.17, 15) is 9.90 Å². The minimum Gasteiger partial charge on any atom is -0.388 e. The molecule has 1 fully saturated rings. The first-order valence-electron chi connectivity index (χ1n) is 6.60. The maximum atomic E-state index is 12.0. The monoisotopic (exact) mass is 279 g/mol. The Hall–Kier alpha value is -1.00. The smallest absolute Gasteiger partial charge is 0.232 e. The average molecular weight is 279 g/mol. The quantitative estimate of drug-likeness (QED) is 0.918. The van der Waals surface area contributed by atoms with Gasteiger partial charge in [-0.3, -0.25) is 4.79 Å². The molecule has 1 unspecified atom stereocenters. The first-order chi connectivity index (χ1) is 8.96. The number of rotatable bonds is 4. The predicted octanol–water partition coefficient (Wildman–Crippen LogP) is 2.21. The highest BCUT2D eigenvalue weighted by Gasteiger charge is 2.33. The van der Waals surface area contributed by atoms with E-state index in [0.717, 1.165) is 5.75 Å². The van der Waals surface area contributed by atoms with E-state index in [1.807, 2.05) is 0 Å². The summed E-state index contributed by atoms with van der Waals surface area (Å²) in [5, 5.41) is 9.84. The highest BCUT2D eigenvalue weighted by molar-refractivity contribution is 7.99. The zero-order valence-electron chi connectivity index (χ0n) is 11.6. The van der Waals surface area contributed by atoms with Gasteiger partial charge in [-0.05, 0) is 25.8 Å². The van der Waals surface area contributed by atoms with Gasteiger partial charge in [0.05, 0.1) is 11.4 Å². The lowest BCUT2D eigenvalue weighted by molar-refractivity contribution is -0.128. The molecule has 104 valence electrons. The summed E-state index contributed by atoms with van der Waals surface area (Å²) in [6.07, 6.45) is 0.682. The maximum absolute atomic E-state index is 12.0. The fourth-order valence-corrected chi connectivity index (χ4v) is 3.08. The molecule has 0 aromatic heterocycles. The molecule has 1 heterocycles. The standard InChI is InChI=1S/C15H21NO2S/c1-12-3-5-13(6-4-12)9-19-10-14(17)16-8-7-15(2,18)11-16/h3-6,18H,7-11H2,1-2H3. The number of amides is 1. The van der Waals surface area contributed by atoms with Crippen molar-refractivity contribution in [2.75, 3.05) is 18.8 Å². The van der Waals surface area contributed by atoms with Gasteiger partial charge in [0.2, 0.25) is 5.91 Å². The number of likely N-dealkylation sites (tertiary alicyclic amines) is 1. The van der Waals surface area contributed by atoms with E-state index in [-0.39, 0.29) is 5.91 Å². The summed E-state index contributed by atoms with van der Waals surface area (Å²) in [6, 6.07) is 8.39. The van der Waals surface area contributed by atoms with Gasteiger partial charge < -0.3 is 10.0 Å². The molecule has 1 aliphatic rings. The van der Waals surface area contributed by atoms with Crippen LogP contribution in [0.1, 0.15) is 24.5 Å². The van der Waals surface area contributed by atoms with Gasteiger partial charge in [0.1, 0.15) is 0 Å². The second-order valence-corrected chi connectivity index (χ2v) is 6.53. The van der Waals surface area contributed by atoms with Crippen molar-refractivity contribution >= 4 is 17.7 Å². The molecular weight excluding hydrogens is 258 g/mol. The van der Waals surface area contributed by atoms with Crippen molar-refractivity contribution < 1.29 is 9.90 Å². The van der Waals surface area contributed by atoms with Crippen molar-refractivity contribution in [1.82, 2.24) is 4.90 Å². The Bertz CT molecular complexity index is 442. The second-order valence-electron chi connectivity index (χ2n) is 5.54. The Labute approximate surface area is 119 Å². The number of aryl methyl sites for hydroxylation is 1. The SMILES string of the molecule is Cc1ccc(CSCC(=O)N2CCC(C)(O)C2)cc1. The van der Waals surface area contributed by atoms with Crippen molar-refractivity contribution in [2.45, 2.75) is 31.6 Å². The van der Waals surface area contributed by atoms with E-state index in [1.54, 1.807) is 23.6 Å². The van der Waals surface area contributed by atoms with Crippen LogP contribution in [0.5, 0.6) is 0 Å². The zero-order valence-corrected chi connectivity index (χ0v) is 12.4. The molecule has 1 atom stereocenters. The Kier molecular flexibility index (Phi) is 4.53. The fourth-order valence-electron chi connectivity index (χ4n) is 2.19. The van der Waals surface area contributed by atoms with E-state index >= 15 is 0 Å². The summed E-state index contributed by atoms with van der Waals surface area (Å²) in [5.74, 6) is 1.48. The number of hydrogen-bond acceptors (Lipinski definition) is 3. The third-order valence-electron chi connectivity index (χ3n) is 3.42. The van der Waals surface area contributed by atoms with Crippen LogP contribution in [0.3, 0.4) is 0 Å². The van der Waals surface area contributed by atoms with E-state index in [1.165, 1.54) is 11.1 Å². The molecule has 1 amide bonds. The van der Waals surface area contributed by atoms with Crippen LogP contribution in [0.25, 0.3) is 0 Å². The molecule has 2 rings (SSSR count). The van der Waals surface area contributed by atoms with Gasteiger partial charge in [-0.25, -0.2) is 0 Å². The van der Waals surface area contributed by atoms with E-state index in [0.29, 0.717) is 25.3 Å². The molecule has 3 nitrogen and oxygen atoms in total. The van der Waals surface area contributed by atoms with Crippen LogP contribution in [-0.2, 0) is 10.5 Å². The molecule has 19 heavy (non-hydrogen) atoms. The van der Waals surface area contributed by atoms with Crippen LogP contribution in [-0.4, -0.2) is 40.4 Å². The Balaban J connectivity index is 1.74. The first kappa shape index (κ1) is 14.4. The average Bonchev–Trinajstić information content (AvgIpc) is 2.72. The number of benzene rings is 1. The summed E-state index contributed by atoms with van der Waals surface area (Å²) in [4.78, 5) is 13.7. The molecule has 0 spiro atoms. The number of hydrogen-bond donors (Lipinski definition) is 1. The third kappa shape index (κ3) is 4.25. The van der Waals surface area contributed by atoms with Gasteiger partial charge in [-0.1, -0.05) is 29.8 Å². The summed E-state index contributed by atoms with van der Waals surface area (Å²) in [6.45, 7) is 5.01. The van der Waals surface area contributed by atoms with Gasteiger partial charge in [-0.15, -0.1) is 11.8 Å². The normalized spacial score (nSPS) is 22.8. The largest absolute Gasteiger partial charge is 0.388 e. The Morgan fingerprint density at radius 3 is 2.68 bits per heavy atom. The molecule has 0 bridgehead atoms. The molecular formula is C15H21NO2S. The number of thioether (sulfide) groups is 1.